The second kappa shape index (κ2) is 4.98. The van der Waals surface area contributed by atoms with Gasteiger partial charge in [-0.1, -0.05) is 12.1 Å². The molecule has 2 fully saturated rings. The zero-order valence-corrected chi connectivity index (χ0v) is 12.0. The number of benzene rings is 1. The molecule has 1 radical (unpaired) electrons. The molecule has 0 atom stereocenters. The minimum absolute atomic E-state index is 0.0807. The van der Waals surface area contributed by atoms with Gasteiger partial charge in [-0.15, -0.1) is 0 Å². The van der Waals surface area contributed by atoms with Crippen LogP contribution in [0.4, 0.5) is 18.9 Å². The fraction of sp³-hybridized carbons (Fsp3) is 0.562. The summed E-state index contributed by atoms with van der Waals surface area (Å²) in [6.45, 7) is 0.507. The Morgan fingerprint density at radius 1 is 1.09 bits per heavy atom. The van der Waals surface area contributed by atoms with Crippen molar-refractivity contribution in [1.29, 1.82) is 0 Å². The topological polar surface area (TPSA) is 40.5 Å². The number of carbonyl (C=O) groups is 1. The largest absolute Gasteiger partial charge is 0.417 e. The van der Waals surface area contributed by atoms with Crippen molar-refractivity contribution in [2.45, 2.75) is 43.9 Å². The first-order chi connectivity index (χ1) is 10.3. The maximum atomic E-state index is 12.9. The summed E-state index contributed by atoms with van der Waals surface area (Å²) < 4.78 is 38.7. The van der Waals surface area contributed by atoms with Crippen molar-refractivity contribution >= 4 is 11.6 Å². The zero-order chi connectivity index (χ0) is 16.0. The van der Waals surface area contributed by atoms with E-state index >= 15 is 0 Å². The van der Waals surface area contributed by atoms with Crippen LogP contribution >= 0.6 is 0 Å². The van der Waals surface area contributed by atoms with Gasteiger partial charge in [0, 0.05) is 12.2 Å². The Morgan fingerprint density at radius 2 is 1.68 bits per heavy atom. The van der Waals surface area contributed by atoms with Gasteiger partial charge in [-0.05, 0) is 50.3 Å². The molecule has 0 bridgehead atoms. The first-order valence-corrected chi connectivity index (χ1v) is 7.35. The summed E-state index contributed by atoms with van der Waals surface area (Å²) in [5.74, 6) is -0.122. The Morgan fingerprint density at radius 3 is 2.23 bits per heavy atom. The third kappa shape index (κ3) is 2.29. The van der Waals surface area contributed by atoms with Crippen LogP contribution in [0.5, 0.6) is 0 Å². The van der Waals surface area contributed by atoms with E-state index in [4.69, 9.17) is 0 Å². The summed E-state index contributed by atoms with van der Waals surface area (Å²) >= 11 is 0. The molecule has 1 heterocycles. The molecule has 2 aliphatic rings. The fourth-order valence-electron chi connectivity index (χ4n) is 3.51. The van der Waals surface area contributed by atoms with Crippen LogP contribution in [0.1, 0.15) is 32.1 Å². The van der Waals surface area contributed by atoms with Crippen LogP contribution in [0.2, 0.25) is 0 Å². The molecule has 1 aliphatic heterocycles. The molecule has 0 aromatic heterocycles. The van der Waals surface area contributed by atoms with Crippen LogP contribution in [0, 0.1) is 11.5 Å². The zero-order valence-electron chi connectivity index (χ0n) is 12.0. The number of hydrogen-bond donors (Lipinski definition) is 1. The van der Waals surface area contributed by atoms with Crippen molar-refractivity contribution in [3.05, 3.63) is 30.3 Å². The molecule has 1 amide bonds. The molecule has 1 aromatic carbocycles. The van der Waals surface area contributed by atoms with E-state index in [0.717, 1.165) is 5.69 Å². The molecule has 3 rings (SSSR count). The van der Waals surface area contributed by atoms with E-state index in [9.17, 15) is 23.1 Å². The molecule has 22 heavy (non-hydrogen) atoms. The van der Waals surface area contributed by atoms with Gasteiger partial charge in [-0.3, -0.25) is 4.79 Å². The summed E-state index contributed by atoms with van der Waals surface area (Å²) in [5.41, 5.74) is -2.65. The van der Waals surface area contributed by atoms with Gasteiger partial charge in [0.25, 0.3) is 0 Å². The highest BCUT2D eigenvalue weighted by Gasteiger charge is 2.60. The lowest BCUT2D eigenvalue weighted by atomic mass is 9.67. The first kappa shape index (κ1) is 15.3. The number of nitrogens with zero attached hydrogens (tertiary/aromatic N) is 1. The number of anilines is 1. The molecule has 0 unspecified atom stereocenters. The van der Waals surface area contributed by atoms with Gasteiger partial charge in [-0.2, -0.15) is 13.2 Å². The van der Waals surface area contributed by atoms with E-state index < -0.39 is 30.0 Å². The Bertz CT molecular complexity index is 563. The highest BCUT2D eigenvalue weighted by atomic mass is 19.4. The predicted molar refractivity (Wildman–Crippen MR) is 74.2 cm³/mol. The lowest BCUT2D eigenvalue weighted by Gasteiger charge is -2.41. The number of hydrogen-bond acceptors (Lipinski definition) is 2. The molecule has 1 aliphatic carbocycles. The second-order valence-corrected chi connectivity index (χ2v) is 6.27. The highest BCUT2D eigenvalue weighted by molar-refractivity contribution is 5.99. The molecule has 1 N–H and O–H groups in total. The quantitative estimate of drug-likeness (QED) is 0.866. The van der Waals surface area contributed by atoms with Crippen molar-refractivity contribution in [3.8, 4) is 0 Å². The van der Waals surface area contributed by atoms with Gasteiger partial charge in [0.05, 0.1) is 5.41 Å². The van der Waals surface area contributed by atoms with E-state index in [0.29, 0.717) is 13.0 Å². The van der Waals surface area contributed by atoms with Crippen molar-refractivity contribution in [2.24, 2.45) is 5.41 Å². The van der Waals surface area contributed by atoms with Crippen LogP contribution in [-0.2, 0) is 4.79 Å². The smallest absolute Gasteiger partial charge is 0.380 e. The molecule has 6 heteroatoms. The molecule has 3 nitrogen and oxygen atoms in total. The third-order valence-electron chi connectivity index (χ3n) is 5.09. The fourth-order valence-corrected chi connectivity index (χ4v) is 3.51. The van der Waals surface area contributed by atoms with Crippen LogP contribution < -0.4 is 4.90 Å². The average molecular weight is 312 g/mol. The van der Waals surface area contributed by atoms with E-state index in [1.165, 1.54) is 0 Å². The first-order valence-electron chi connectivity index (χ1n) is 7.35. The normalized spacial score (nSPS) is 32.7. The number of aliphatic hydroxyl groups is 1. The summed E-state index contributed by atoms with van der Waals surface area (Å²) in [5, 5.41) is 9.77. The summed E-state index contributed by atoms with van der Waals surface area (Å²) in [7, 11) is 0. The SMILES string of the molecule is O=C1N(c2cc[c]cc2)CC[C@]12CC[C@@](O)(C(F)(F)F)CC2. The van der Waals surface area contributed by atoms with E-state index in [1.54, 1.807) is 29.2 Å². The lowest BCUT2D eigenvalue weighted by Crippen LogP contribution is -2.51. The molecule has 1 spiro atoms. The number of rotatable bonds is 1. The minimum Gasteiger partial charge on any atom is -0.380 e. The molecule has 1 saturated carbocycles. The monoisotopic (exact) mass is 312 g/mol. The van der Waals surface area contributed by atoms with Crippen molar-refractivity contribution in [1.82, 2.24) is 0 Å². The predicted octanol–water partition coefficient (Wildman–Crippen LogP) is 3.08. The van der Waals surface area contributed by atoms with Crippen LogP contribution in [0.25, 0.3) is 0 Å². The number of halogens is 3. The lowest BCUT2D eigenvalue weighted by molar-refractivity contribution is -0.274. The second-order valence-electron chi connectivity index (χ2n) is 6.27. The Kier molecular flexibility index (Phi) is 3.47. The number of carbonyl (C=O) groups excluding carboxylic acids is 1. The summed E-state index contributed by atoms with van der Waals surface area (Å²) in [4.78, 5) is 14.3. The molecular weight excluding hydrogens is 295 g/mol. The highest BCUT2D eigenvalue weighted by Crippen LogP contribution is 2.52. The molecule has 1 saturated heterocycles. The maximum absolute atomic E-state index is 12.9. The van der Waals surface area contributed by atoms with Crippen molar-refractivity contribution in [3.63, 3.8) is 0 Å². The van der Waals surface area contributed by atoms with Gasteiger partial charge >= 0.3 is 6.18 Å². The summed E-state index contributed by atoms with van der Waals surface area (Å²) in [6, 6.07) is 9.82. The van der Waals surface area contributed by atoms with E-state index in [1.807, 2.05) is 0 Å². The maximum Gasteiger partial charge on any atom is 0.417 e. The number of amides is 1. The molecule has 1 aromatic rings. The van der Waals surface area contributed by atoms with Gasteiger partial charge in [0.15, 0.2) is 5.60 Å². The Labute approximate surface area is 126 Å². The van der Waals surface area contributed by atoms with Gasteiger partial charge in [0.1, 0.15) is 0 Å². The molecular formula is C16H17F3NO2. The van der Waals surface area contributed by atoms with E-state index in [-0.39, 0.29) is 18.7 Å². The number of alkyl halides is 3. The van der Waals surface area contributed by atoms with E-state index in [2.05, 4.69) is 6.07 Å². The third-order valence-corrected chi connectivity index (χ3v) is 5.09. The standard InChI is InChI=1S/C16H17F3NO2/c17-16(18,19)15(22)8-6-14(7-9-15)10-11-20(13(14)21)12-4-2-1-3-5-12/h2-5,22H,6-11H2/t14-,15+. The van der Waals surface area contributed by atoms with Gasteiger partial charge in [-0.25, -0.2) is 0 Å². The van der Waals surface area contributed by atoms with Gasteiger partial charge in [0.2, 0.25) is 5.91 Å². The Balaban J connectivity index is 1.77. The van der Waals surface area contributed by atoms with Crippen LogP contribution in [0.3, 0.4) is 0 Å². The van der Waals surface area contributed by atoms with Crippen molar-refractivity contribution < 1.29 is 23.1 Å². The van der Waals surface area contributed by atoms with Crippen molar-refractivity contribution in [2.75, 3.05) is 11.4 Å². The minimum atomic E-state index is -4.63. The Hall–Kier alpha value is -1.56. The average Bonchev–Trinajstić information content (AvgIpc) is 2.80. The van der Waals surface area contributed by atoms with Gasteiger partial charge < -0.3 is 10.0 Å². The van der Waals surface area contributed by atoms with Crippen LogP contribution in [0.15, 0.2) is 24.3 Å². The van der Waals surface area contributed by atoms with Crippen LogP contribution in [-0.4, -0.2) is 29.3 Å². The summed E-state index contributed by atoms with van der Waals surface area (Å²) in [6.07, 6.45) is -4.74. The molecule has 119 valence electrons.